The number of carbonyl (C=O) groups excluding carboxylic acids is 3. The van der Waals surface area contributed by atoms with Crippen LogP contribution >= 0.6 is 11.6 Å². The zero-order chi connectivity index (χ0) is 28.1. The number of nitrogens with zero attached hydrogens (tertiary/aromatic N) is 3. The molecule has 2 aliphatic rings. The van der Waals surface area contributed by atoms with Crippen LogP contribution in [0.3, 0.4) is 0 Å². The topological polar surface area (TPSA) is 145 Å². The normalized spacial score (nSPS) is 19.4. The Morgan fingerprint density at radius 3 is 2.67 bits per heavy atom. The van der Waals surface area contributed by atoms with Gasteiger partial charge in [0.05, 0.1) is 18.2 Å². The van der Waals surface area contributed by atoms with Crippen LogP contribution in [0.25, 0.3) is 11.1 Å². The summed E-state index contributed by atoms with van der Waals surface area (Å²) in [5.41, 5.74) is 0.734. The number of anilines is 2. The van der Waals surface area contributed by atoms with Gasteiger partial charge in [0.2, 0.25) is 23.5 Å². The largest absolute Gasteiger partial charge is 0.475 e. The van der Waals surface area contributed by atoms with E-state index in [9.17, 15) is 14.4 Å². The summed E-state index contributed by atoms with van der Waals surface area (Å²) in [6.07, 6.45) is 4.03. The standard InChI is InChI=1S/C27H30ClN5O7/c1-37-12-13-39-21-9-7-19-23(31-21)24(25(40-19)27(36)30-20-8-4-17(28)14-29-20)32-26(35)16-2-5-18(6-3-16)33-10-11-38-15-22(33)34/h4,7-9,14,16,18H,2-3,5-6,10-13,15H2,1H3,(H,32,35)(H,29,30,36). The second-order valence-electron chi connectivity index (χ2n) is 9.59. The van der Waals surface area contributed by atoms with Gasteiger partial charge in [0.15, 0.2) is 5.58 Å². The van der Waals surface area contributed by atoms with Gasteiger partial charge in [-0.25, -0.2) is 9.97 Å². The molecule has 4 heterocycles. The van der Waals surface area contributed by atoms with Gasteiger partial charge >= 0.3 is 0 Å². The van der Waals surface area contributed by atoms with E-state index < -0.39 is 5.91 Å². The predicted octanol–water partition coefficient (Wildman–Crippen LogP) is 3.51. The number of amides is 3. The molecule has 1 saturated carbocycles. The van der Waals surface area contributed by atoms with Crippen molar-refractivity contribution in [3.05, 3.63) is 41.2 Å². The number of pyridine rings is 2. The molecule has 0 atom stereocenters. The first-order chi connectivity index (χ1) is 19.4. The van der Waals surface area contributed by atoms with Crippen LogP contribution in [-0.2, 0) is 19.1 Å². The molecule has 1 aliphatic heterocycles. The molecule has 3 amide bonds. The van der Waals surface area contributed by atoms with Crippen molar-refractivity contribution in [3.8, 4) is 5.88 Å². The van der Waals surface area contributed by atoms with Gasteiger partial charge in [-0.3, -0.25) is 14.4 Å². The van der Waals surface area contributed by atoms with Crippen molar-refractivity contribution in [1.29, 1.82) is 0 Å². The smallest absolute Gasteiger partial charge is 0.294 e. The van der Waals surface area contributed by atoms with Gasteiger partial charge in [-0.15, -0.1) is 0 Å². The lowest BCUT2D eigenvalue weighted by Gasteiger charge is -2.38. The second kappa shape index (κ2) is 12.6. The second-order valence-corrected chi connectivity index (χ2v) is 10.0. The highest BCUT2D eigenvalue weighted by atomic mass is 35.5. The average molecular weight is 572 g/mol. The third kappa shape index (κ3) is 6.35. The van der Waals surface area contributed by atoms with Crippen molar-refractivity contribution in [2.24, 2.45) is 5.92 Å². The lowest BCUT2D eigenvalue weighted by atomic mass is 9.84. The van der Waals surface area contributed by atoms with E-state index in [0.717, 1.165) is 0 Å². The lowest BCUT2D eigenvalue weighted by molar-refractivity contribution is -0.146. The van der Waals surface area contributed by atoms with Crippen LogP contribution in [0.2, 0.25) is 5.02 Å². The molecule has 3 aromatic heterocycles. The predicted molar refractivity (Wildman–Crippen MR) is 145 cm³/mol. The van der Waals surface area contributed by atoms with Gasteiger partial charge < -0.3 is 34.2 Å². The van der Waals surface area contributed by atoms with Crippen LogP contribution in [-0.4, -0.2) is 78.7 Å². The molecule has 0 radical (unpaired) electrons. The van der Waals surface area contributed by atoms with Gasteiger partial charge in [-0.2, -0.15) is 0 Å². The molecule has 0 unspecified atom stereocenters. The Bertz CT molecular complexity index is 1370. The molecular weight excluding hydrogens is 542 g/mol. The fourth-order valence-electron chi connectivity index (χ4n) is 4.96. The van der Waals surface area contributed by atoms with Crippen molar-refractivity contribution in [2.45, 2.75) is 31.7 Å². The SMILES string of the molecule is COCCOc1ccc2oc(C(=O)Nc3ccc(Cl)cn3)c(NC(=O)C3CCC(N4CCOCC4=O)CC3)c2n1. The Balaban J connectivity index is 1.35. The first-order valence-electron chi connectivity index (χ1n) is 13.1. The number of furan rings is 1. The zero-order valence-electron chi connectivity index (χ0n) is 22.0. The Kier molecular flexibility index (Phi) is 8.78. The number of fused-ring (bicyclic) bond motifs is 1. The summed E-state index contributed by atoms with van der Waals surface area (Å²) >= 11 is 5.90. The van der Waals surface area contributed by atoms with Crippen LogP contribution in [0.5, 0.6) is 5.88 Å². The maximum Gasteiger partial charge on any atom is 0.294 e. The minimum Gasteiger partial charge on any atom is -0.475 e. The fourth-order valence-corrected chi connectivity index (χ4v) is 5.07. The van der Waals surface area contributed by atoms with Crippen LogP contribution in [0, 0.1) is 5.92 Å². The summed E-state index contributed by atoms with van der Waals surface area (Å²) in [7, 11) is 1.57. The average Bonchev–Trinajstić information content (AvgIpc) is 3.32. The van der Waals surface area contributed by atoms with E-state index in [1.54, 1.807) is 31.4 Å². The van der Waals surface area contributed by atoms with E-state index in [2.05, 4.69) is 20.6 Å². The van der Waals surface area contributed by atoms with E-state index in [1.807, 2.05) is 4.90 Å². The molecule has 212 valence electrons. The van der Waals surface area contributed by atoms with Crippen molar-refractivity contribution >= 4 is 51.9 Å². The molecule has 3 aromatic rings. The first kappa shape index (κ1) is 27.8. The zero-order valence-corrected chi connectivity index (χ0v) is 22.7. The molecule has 5 rings (SSSR count). The van der Waals surface area contributed by atoms with Gasteiger partial charge in [-0.05, 0) is 43.9 Å². The summed E-state index contributed by atoms with van der Waals surface area (Å²) in [5, 5.41) is 5.99. The van der Waals surface area contributed by atoms with Crippen LogP contribution in [0.1, 0.15) is 36.2 Å². The maximum atomic E-state index is 13.4. The van der Waals surface area contributed by atoms with Crippen LogP contribution < -0.4 is 15.4 Å². The third-order valence-electron chi connectivity index (χ3n) is 7.00. The number of halogens is 1. The number of nitrogens with one attached hydrogen (secondary N) is 2. The highest BCUT2D eigenvalue weighted by molar-refractivity contribution is 6.30. The van der Waals surface area contributed by atoms with Gasteiger partial charge in [0, 0.05) is 37.9 Å². The summed E-state index contributed by atoms with van der Waals surface area (Å²) in [6, 6.07) is 6.49. The Hall–Kier alpha value is -3.74. The van der Waals surface area contributed by atoms with Crippen LogP contribution in [0.15, 0.2) is 34.9 Å². The van der Waals surface area contributed by atoms with Crippen molar-refractivity contribution < 1.29 is 33.0 Å². The first-order valence-corrected chi connectivity index (χ1v) is 13.5. The Morgan fingerprint density at radius 2 is 1.95 bits per heavy atom. The summed E-state index contributed by atoms with van der Waals surface area (Å²) in [5.74, 6) is -0.728. The van der Waals surface area contributed by atoms with E-state index >= 15 is 0 Å². The molecule has 1 aliphatic carbocycles. The summed E-state index contributed by atoms with van der Waals surface area (Å²) in [6.45, 7) is 1.85. The molecule has 0 aromatic carbocycles. The van der Waals surface area contributed by atoms with Gasteiger partial charge in [0.1, 0.15) is 30.2 Å². The molecule has 2 N–H and O–H groups in total. The molecule has 1 saturated heterocycles. The third-order valence-corrected chi connectivity index (χ3v) is 7.22. The van der Waals surface area contributed by atoms with Crippen LogP contribution in [0.4, 0.5) is 11.5 Å². The molecule has 13 heteroatoms. The highest BCUT2D eigenvalue weighted by Gasteiger charge is 2.34. The summed E-state index contributed by atoms with van der Waals surface area (Å²) in [4.78, 5) is 49.4. The lowest BCUT2D eigenvalue weighted by Crippen LogP contribution is -2.49. The molecule has 40 heavy (non-hydrogen) atoms. The van der Waals surface area contributed by atoms with Crippen molar-refractivity contribution in [1.82, 2.24) is 14.9 Å². The maximum absolute atomic E-state index is 13.4. The fraction of sp³-hybridized carbons (Fsp3) is 0.444. The number of ether oxygens (including phenoxy) is 3. The minimum atomic E-state index is -0.612. The number of carbonyl (C=O) groups is 3. The molecule has 2 fully saturated rings. The number of methoxy groups -OCH3 is 1. The van der Waals surface area contributed by atoms with Crippen molar-refractivity contribution in [2.75, 3.05) is 50.7 Å². The Morgan fingerprint density at radius 1 is 1.12 bits per heavy atom. The molecular formula is C27H30ClN5O7. The number of aromatic nitrogens is 2. The molecule has 12 nitrogen and oxygen atoms in total. The quantitative estimate of drug-likeness (QED) is 0.368. The van der Waals surface area contributed by atoms with E-state index in [1.165, 1.54) is 6.20 Å². The number of rotatable bonds is 9. The molecule has 0 bridgehead atoms. The van der Waals surface area contributed by atoms with Gasteiger partial charge in [0.25, 0.3) is 5.91 Å². The number of hydrogen-bond donors (Lipinski definition) is 2. The summed E-state index contributed by atoms with van der Waals surface area (Å²) < 4.78 is 21.7. The van der Waals surface area contributed by atoms with E-state index in [0.29, 0.717) is 61.9 Å². The number of morpholine rings is 1. The minimum absolute atomic E-state index is 0.00977. The monoisotopic (exact) mass is 571 g/mol. The Labute approximate surface area is 235 Å². The van der Waals surface area contributed by atoms with E-state index in [-0.39, 0.29) is 59.8 Å². The number of hydrogen-bond acceptors (Lipinski definition) is 9. The van der Waals surface area contributed by atoms with E-state index in [4.69, 9.17) is 30.2 Å². The highest BCUT2D eigenvalue weighted by Crippen LogP contribution is 2.34. The van der Waals surface area contributed by atoms with Gasteiger partial charge in [-0.1, -0.05) is 11.6 Å². The molecule has 0 spiro atoms. The van der Waals surface area contributed by atoms with Crippen molar-refractivity contribution in [3.63, 3.8) is 0 Å².